The summed E-state index contributed by atoms with van der Waals surface area (Å²) < 4.78 is 11.7. The molecular weight excluding hydrogens is 418 g/mol. The van der Waals surface area contributed by atoms with E-state index in [2.05, 4.69) is 11.6 Å². The number of carbonyl (C=O) groups is 2. The first-order valence-electron chi connectivity index (χ1n) is 10.7. The number of hydrogen-bond acceptors (Lipinski definition) is 5. The van der Waals surface area contributed by atoms with E-state index in [1.807, 2.05) is 30.3 Å². The number of primary amides is 1. The van der Waals surface area contributed by atoms with Crippen molar-refractivity contribution in [2.45, 2.75) is 18.9 Å². The van der Waals surface area contributed by atoms with Crippen LogP contribution in [0.3, 0.4) is 0 Å². The van der Waals surface area contributed by atoms with Crippen LogP contribution in [0.15, 0.2) is 79.4 Å². The van der Waals surface area contributed by atoms with Crippen LogP contribution in [0, 0.1) is 0 Å². The number of pyridine rings is 1. The van der Waals surface area contributed by atoms with E-state index in [9.17, 15) is 9.59 Å². The minimum atomic E-state index is -0.623. The molecule has 1 fully saturated rings. The maximum absolute atomic E-state index is 11.9. The topological polar surface area (TPSA) is 94.8 Å². The molecule has 1 aliphatic heterocycles. The minimum Gasteiger partial charge on any atom is -0.489 e. The lowest BCUT2D eigenvalue weighted by Gasteiger charge is -2.15. The van der Waals surface area contributed by atoms with Crippen LogP contribution in [0.25, 0.3) is 0 Å². The highest BCUT2D eigenvalue weighted by Gasteiger charge is 2.28. The van der Waals surface area contributed by atoms with Crippen LogP contribution in [0.4, 0.5) is 0 Å². The third-order valence-electron chi connectivity index (χ3n) is 5.53. The van der Waals surface area contributed by atoms with Gasteiger partial charge in [0.25, 0.3) is 5.91 Å². The molecule has 7 nitrogen and oxygen atoms in total. The summed E-state index contributed by atoms with van der Waals surface area (Å²) in [5.41, 5.74) is 7.54. The smallest absolute Gasteiger partial charge is 0.254 e. The maximum Gasteiger partial charge on any atom is 0.254 e. The van der Waals surface area contributed by atoms with Crippen LogP contribution in [-0.2, 0) is 11.4 Å². The number of nitrogens with zero attached hydrogens (tertiary/aromatic N) is 2. The molecule has 2 amide bonds. The number of ether oxygens (including phenoxy) is 2. The summed E-state index contributed by atoms with van der Waals surface area (Å²) in [6.07, 6.45) is 2.09. The summed E-state index contributed by atoms with van der Waals surface area (Å²) in [7, 11) is 0. The maximum atomic E-state index is 11.9. The van der Waals surface area contributed by atoms with Crippen molar-refractivity contribution >= 4 is 11.8 Å². The lowest BCUT2D eigenvalue weighted by molar-refractivity contribution is -0.125. The first-order chi connectivity index (χ1) is 16.0. The number of hydrogen-bond donors (Lipinski definition) is 1. The zero-order valence-corrected chi connectivity index (χ0v) is 18.1. The molecule has 2 aromatic carbocycles. The molecule has 3 aromatic rings. The highest BCUT2D eigenvalue weighted by molar-refractivity contribution is 5.95. The molecule has 1 atom stereocenters. The lowest BCUT2D eigenvalue weighted by Crippen LogP contribution is -2.26. The molecular formula is C26H25N3O4. The average Bonchev–Trinajstić information content (AvgIpc) is 3.34. The summed E-state index contributed by atoms with van der Waals surface area (Å²) >= 11 is 0. The Morgan fingerprint density at radius 3 is 2.48 bits per heavy atom. The van der Waals surface area contributed by atoms with Gasteiger partial charge in [-0.15, -0.1) is 0 Å². The van der Waals surface area contributed by atoms with Crippen molar-refractivity contribution in [1.29, 1.82) is 0 Å². The van der Waals surface area contributed by atoms with Gasteiger partial charge in [0.15, 0.2) is 0 Å². The predicted molar refractivity (Wildman–Crippen MR) is 124 cm³/mol. The van der Waals surface area contributed by atoms with E-state index < -0.39 is 5.91 Å². The molecule has 0 saturated carbocycles. The largest absolute Gasteiger partial charge is 0.489 e. The monoisotopic (exact) mass is 443 g/mol. The van der Waals surface area contributed by atoms with Crippen LogP contribution in [-0.4, -0.2) is 34.8 Å². The van der Waals surface area contributed by atoms with Crippen molar-refractivity contribution < 1.29 is 19.1 Å². The molecule has 1 aliphatic rings. The molecule has 4 rings (SSSR count). The van der Waals surface area contributed by atoms with Crippen molar-refractivity contribution in [3.8, 4) is 17.4 Å². The fraction of sp³-hybridized carbons (Fsp3) is 0.192. The minimum absolute atomic E-state index is 0.0481. The van der Waals surface area contributed by atoms with Gasteiger partial charge in [0.1, 0.15) is 23.7 Å². The Kier molecular flexibility index (Phi) is 6.69. The van der Waals surface area contributed by atoms with Crippen LogP contribution in [0.2, 0.25) is 0 Å². The Labute approximate surface area is 192 Å². The third kappa shape index (κ3) is 5.38. The van der Waals surface area contributed by atoms with E-state index in [1.54, 1.807) is 41.3 Å². The van der Waals surface area contributed by atoms with Gasteiger partial charge in [-0.05, 0) is 54.5 Å². The van der Waals surface area contributed by atoms with Crippen LogP contribution >= 0.6 is 0 Å². The Hall–Kier alpha value is -4.13. The summed E-state index contributed by atoms with van der Waals surface area (Å²) in [6.45, 7) is 5.18. The second-order valence-electron chi connectivity index (χ2n) is 7.77. The Bertz CT molecular complexity index is 1150. The van der Waals surface area contributed by atoms with Gasteiger partial charge < -0.3 is 20.1 Å². The Balaban J connectivity index is 1.47. The summed E-state index contributed by atoms with van der Waals surface area (Å²) in [6, 6.07) is 20.4. The number of nitrogens with two attached hydrogens (primary N) is 1. The van der Waals surface area contributed by atoms with Crippen molar-refractivity contribution in [3.05, 3.63) is 96.2 Å². The van der Waals surface area contributed by atoms with Crippen molar-refractivity contribution in [1.82, 2.24) is 9.88 Å². The number of carbonyl (C=O) groups excluding carboxylic acids is 2. The van der Waals surface area contributed by atoms with Gasteiger partial charge >= 0.3 is 0 Å². The molecule has 1 saturated heterocycles. The van der Waals surface area contributed by atoms with Gasteiger partial charge in [0.05, 0.1) is 0 Å². The van der Waals surface area contributed by atoms with Crippen molar-refractivity contribution in [3.63, 3.8) is 0 Å². The van der Waals surface area contributed by atoms with Gasteiger partial charge in [0, 0.05) is 24.7 Å². The molecule has 168 valence electrons. The van der Waals surface area contributed by atoms with Crippen molar-refractivity contribution in [2.75, 3.05) is 13.1 Å². The quantitative estimate of drug-likeness (QED) is 0.530. The SMILES string of the molecule is C=CC(=O)N1CCC(c2ccc(C(N)=O)c(Oc3ccc(OCc4ccccc4)cc3)n2)C1. The number of benzene rings is 2. The molecule has 2 heterocycles. The molecule has 0 spiro atoms. The van der Waals surface area contributed by atoms with E-state index in [1.165, 1.54) is 6.08 Å². The van der Waals surface area contributed by atoms with Gasteiger partial charge in [0.2, 0.25) is 11.8 Å². The predicted octanol–water partition coefficient (Wildman–Crippen LogP) is 4.05. The highest BCUT2D eigenvalue weighted by atomic mass is 16.5. The number of amides is 2. The van der Waals surface area contributed by atoms with Gasteiger partial charge in [-0.1, -0.05) is 36.9 Å². The molecule has 1 aromatic heterocycles. The van der Waals surface area contributed by atoms with E-state index in [0.29, 0.717) is 31.2 Å². The standard InChI is InChI=1S/C26H25N3O4/c1-2-24(30)29-15-14-19(16-29)23-13-12-22(25(27)31)26(28-23)33-21-10-8-20(9-11-21)32-17-18-6-4-3-5-7-18/h2-13,19H,1,14-17H2,(H2,27,31). The van der Waals surface area contributed by atoms with Crippen molar-refractivity contribution in [2.24, 2.45) is 5.73 Å². The van der Waals surface area contributed by atoms with Gasteiger partial charge in [-0.2, -0.15) is 0 Å². The molecule has 1 unspecified atom stereocenters. The second-order valence-corrected chi connectivity index (χ2v) is 7.77. The summed E-state index contributed by atoms with van der Waals surface area (Å²) in [4.78, 5) is 30.1. The fourth-order valence-electron chi connectivity index (χ4n) is 3.73. The van der Waals surface area contributed by atoms with Crippen LogP contribution in [0.1, 0.15) is 34.0 Å². The Morgan fingerprint density at radius 2 is 1.79 bits per heavy atom. The van der Waals surface area contributed by atoms with Crippen LogP contribution in [0.5, 0.6) is 17.4 Å². The number of aromatic nitrogens is 1. The summed E-state index contributed by atoms with van der Waals surface area (Å²) in [5.74, 6) is 0.669. The lowest BCUT2D eigenvalue weighted by atomic mass is 10.0. The summed E-state index contributed by atoms with van der Waals surface area (Å²) in [5, 5.41) is 0. The van der Waals surface area contributed by atoms with Gasteiger partial charge in [-0.25, -0.2) is 4.98 Å². The highest BCUT2D eigenvalue weighted by Crippen LogP contribution is 2.31. The zero-order valence-electron chi connectivity index (χ0n) is 18.1. The van der Waals surface area contributed by atoms with E-state index in [4.69, 9.17) is 15.2 Å². The molecule has 0 radical (unpaired) electrons. The molecule has 2 N–H and O–H groups in total. The first kappa shape index (κ1) is 22.1. The van der Waals surface area contributed by atoms with E-state index in [-0.39, 0.29) is 23.3 Å². The second kappa shape index (κ2) is 9.99. The number of rotatable bonds is 8. The van der Waals surface area contributed by atoms with E-state index >= 15 is 0 Å². The third-order valence-corrected chi connectivity index (χ3v) is 5.53. The molecule has 0 bridgehead atoms. The zero-order chi connectivity index (χ0) is 23.2. The Morgan fingerprint density at radius 1 is 1.06 bits per heavy atom. The molecule has 7 heteroatoms. The van der Waals surface area contributed by atoms with E-state index in [0.717, 1.165) is 17.7 Å². The molecule has 33 heavy (non-hydrogen) atoms. The molecule has 0 aliphatic carbocycles. The average molecular weight is 444 g/mol. The number of likely N-dealkylation sites (tertiary alicyclic amines) is 1. The first-order valence-corrected chi connectivity index (χ1v) is 10.7. The van der Waals surface area contributed by atoms with Crippen LogP contribution < -0.4 is 15.2 Å². The fourth-order valence-corrected chi connectivity index (χ4v) is 3.73. The normalized spacial score (nSPS) is 15.2. The van der Waals surface area contributed by atoms with Gasteiger partial charge in [-0.3, -0.25) is 9.59 Å².